The van der Waals surface area contributed by atoms with Gasteiger partial charge in [-0.1, -0.05) is 36.4 Å². The van der Waals surface area contributed by atoms with Crippen molar-refractivity contribution in [3.63, 3.8) is 0 Å². The van der Waals surface area contributed by atoms with Crippen LogP contribution < -0.4 is 8.92 Å². The van der Waals surface area contributed by atoms with Crippen LogP contribution in [0.5, 0.6) is 11.5 Å². The minimum Gasteiger partial charge on any atom is -0.740 e. The van der Waals surface area contributed by atoms with Crippen LogP contribution in [-0.2, 0) is 37.4 Å². The van der Waals surface area contributed by atoms with E-state index in [0.29, 0.717) is 11.3 Å². The van der Waals surface area contributed by atoms with Gasteiger partial charge in [0.2, 0.25) is 0 Å². The minimum absolute atomic E-state index is 0.00626. The summed E-state index contributed by atoms with van der Waals surface area (Å²) in [5, 5.41) is 8.85. The fraction of sp³-hybridized carbons (Fsp3) is 0.150. The third kappa shape index (κ3) is 7.90. The average Bonchev–Trinajstić information content (AvgIpc) is 2.70. The highest BCUT2D eigenvalue weighted by Gasteiger charge is 2.15. The minimum atomic E-state index is -4.59. The zero-order valence-electron chi connectivity index (χ0n) is 16.7. The van der Waals surface area contributed by atoms with Gasteiger partial charge in [-0.25, -0.2) is 4.21 Å². The molecule has 0 aliphatic rings. The predicted octanol–water partition coefficient (Wildman–Crippen LogP) is 2.44. The molecule has 0 aromatic heterocycles. The Bertz CT molecular complexity index is 1150. The van der Waals surface area contributed by atoms with Crippen molar-refractivity contribution in [2.45, 2.75) is 11.3 Å². The lowest BCUT2D eigenvalue weighted by Gasteiger charge is -2.12. The second kappa shape index (κ2) is 11.5. The van der Waals surface area contributed by atoms with Gasteiger partial charge < -0.3 is 23.3 Å². The van der Waals surface area contributed by atoms with Crippen molar-refractivity contribution < 1.29 is 45.3 Å². The number of carboxylic acids is 1. The topological polar surface area (TPSA) is 159 Å². The molecule has 10 nitrogen and oxygen atoms in total. The van der Waals surface area contributed by atoms with E-state index in [4.69, 9.17) is 18.8 Å². The number of hydrogen-bond acceptors (Lipinski definition) is 8. The molecule has 2 N–H and O–H groups in total. The molecule has 172 valence electrons. The van der Waals surface area contributed by atoms with Crippen molar-refractivity contribution in [3.05, 3.63) is 65.2 Å². The summed E-state index contributed by atoms with van der Waals surface area (Å²) in [6.07, 6.45) is 5.43. The molecule has 0 saturated carbocycles. The van der Waals surface area contributed by atoms with Crippen molar-refractivity contribution in [2.75, 3.05) is 13.9 Å². The third-order valence-electron chi connectivity index (χ3n) is 3.86. The first-order valence-electron chi connectivity index (χ1n) is 8.80. The summed E-state index contributed by atoms with van der Waals surface area (Å²) in [4.78, 5) is 10.4. The van der Waals surface area contributed by atoms with Gasteiger partial charge in [-0.3, -0.25) is 9.35 Å². The number of benzene rings is 2. The molecular formula is C20H19O10S2-. The number of carboxylic acid groups (broad SMARTS) is 1. The van der Waals surface area contributed by atoms with E-state index in [0.717, 1.165) is 6.07 Å². The van der Waals surface area contributed by atoms with Gasteiger partial charge in [-0.05, 0) is 29.3 Å². The van der Waals surface area contributed by atoms with Crippen molar-refractivity contribution >= 4 is 39.6 Å². The van der Waals surface area contributed by atoms with E-state index in [1.807, 2.05) is 0 Å². The number of allylic oxidation sites excluding steroid dienone is 2. The first-order valence-corrected chi connectivity index (χ1v) is 11.2. The molecule has 0 fully saturated rings. The van der Waals surface area contributed by atoms with Gasteiger partial charge in [-0.2, -0.15) is 8.42 Å². The van der Waals surface area contributed by atoms with E-state index in [1.54, 1.807) is 12.1 Å². The summed E-state index contributed by atoms with van der Waals surface area (Å²) >= 11 is -2.82. The SMILES string of the molecule is COCOc1ccc(/C=C/C=C/c2ccc(CC(=O)O)cc2S(=O)(=O)O)c(OS(=O)[O-])c1. The van der Waals surface area contributed by atoms with Gasteiger partial charge in [0.05, 0.1) is 6.42 Å². The van der Waals surface area contributed by atoms with E-state index >= 15 is 0 Å². The molecule has 0 aliphatic carbocycles. The van der Waals surface area contributed by atoms with Gasteiger partial charge in [0.15, 0.2) is 6.79 Å². The molecule has 32 heavy (non-hydrogen) atoms. The summed E-state index contributed by atoms with van der Waals surface area (Å²) in [6.45, 7) is -0.0425. The van der Waals surface area contributed by atoms with Gasteiger partial charge >= 0.3 is 5.97 Å². The van der Waals surface area contributed by atoms with Crippen LogP contribution in [0.3, 0.4) is 0 Å². The highest BCUT2D eigenvalue weighted by molar-refractivity contribution is 7.86. The molecule has 1 unspecified atom stereocenters. The van der Waals surface area contributed by atoms with E-state index in [1.165, 1.54) is 49.6 Å². The zero-order valence-corrected chi connectivity index (χ0v) is 18.3. The Morgan fingerprint density at radius 1 is 1.12 bits per heavy atom. The number of methoxy groups -OCH3 is 1. The second-order valence-electron chi connectivity index (χ2n) is 6.17. The van der Waals surface area contributed by atoms with Gasteiger partial charge in [0.1, 0.15) is 27.8 Å². The Kier molecular flexibility index (Phi) is 9.11. The zero-order chi connectivity index (χ0) is 23.7. The molecule has 2 aromatic rings. The Morgan fingerprint density at radius 3 is 2.38 bits per heavy atom. The molecular weight excluding hydrogens is 464 g/mol. The van der Waals surface area contributed by atoms with Crippen molar-refractivity contribution in [3.8, 4) is 11.5 Å². The molecule has 0 amide bonds. The molecule has 0 radical (unpaired) electrons. The van der Waals surface area contributed by atoms with Gasteiger partial charge in [-0.15, -0.1) is 0 Å². The van der Waals surface area contributed by atoms with E-state index in [-0.39, 0.29) is 23.7 Å². The molecule has 0 saturated heterocycles. The van der Waals surface area contributed by atoms with Gasteiger partial charge in [0, 0.05) is 18.7 Å². The molecule has 2 aromatic carbocycles. The van der Waals surface area contributed by atoms with E-state index < -0.39 is 38.8 Å². The molecule has 12 heteroatoms. The molecule has 0 spiro atoms. The fourth-order valence-electron chi connectivity index (χ4n) is 2.56. The molecule has 0 bridgehead atoms. The van der Waals surface area contributed by atoms with Crippen molar-refractivity contribution in [2.24, 2.45) is 0 Å². The Hall–Kier alpha value is -3.03. The van der Waals surface area contributed by atoms with Crippen LogP contribution in [0, 0.1) is 0 Å². The molecule has 2 rings (SSSR count). The smallest absolute Gasteiger partial charge is 0.307 e. The summed E-state index contributed by atoms with van der Waals surface area (Å²) in [5.74, 6) is -0.833. The quantitative estimate of drug-likeness (QED) is 0.210. The fourth-order valence-corrected chi connectivity index (χ4v) is 3.58. The summed E-state index contributed by atoms with van der Waals surface area (Å²) in [6, 6.07) is 8.35. The average molecular weight is 483 g/mol. The number of carbonyl (C=O) groups is 1. The van der Waals surface area contributed by atoms with Crippen LogP contribution in [0.2, 0.25) is 0 Å². The van der Waals surface area contributed by atoms with E-state index in [2.05, 4.69) is 0 Å². The second-order valence-corrected chi connectivity index (χ2v) is 8.14. The van der Waals surface area contributed by atoms with Crippen LogP contribution in [0.15, 0.2) is 53.4 Å². The third-order valence-corrected chi connectivity index (χ3v) is 5.09. The maximum Gasteiger partial charge on any atom is 0.307 e. The lowest BCUT2D eigenvalue weighted by atomic mass is 10.1. The summed E-state index contributed by atoms with van der Waals surface area (Å²) in [7, 11) is -3.16. The van der Waals surface area contributed by atoms with Crippen LogP contribution >= 0.6 is 0 Å². The first kappa shape index (κ1) is 25.2. The van der Waals surface area contributed by atoms with Crippen LogP contribution in [0.4, 0.5) is 0 Å². The molecule has 0 aliphatic heterocycles. The maximum absolute atomic E-state index is 11.7. The number of hydrogen-bond donors (Lipinski definition) is 2. The highest BCUT2D eigenvalue weighted by Crippen LogP contribution is 2.27. The Morgan fingerprint density at radius 2 is 1.78 bits per heavy atom. The Labute approximate surface area is 187 Å². The first-order chi connectivity index (χ1) is 15.1. The lowest BCUT2D eigenvalue weighted by Crippen LogP contribution is -2.05. The normalized spacial score (nSPS) is 12.8. The highest BCUT2D eigenvalue weighted by atomic mass is 32.2. The van der Waals surface area contributed by atoms with Crippen molar-refractivity contribution in [1.29, 1.82) is 0 Å². The number of aliphatic carboxylic acids is 1. The van der Waals surface area contributed by atoms with Crippen molar-refractivity contribution in [1.82, 2.24) is 0 Å². The summed E-state index contributed by atoms with van der Waals surface area (Å²) in [5.41, 5.74) is 0.725. The molecule has 0 heterocycles. The Balaban J connectivity index is 2.29. The van der Waals surface area contributed by atoms with Crippen LogP contribution in [0.25, 0.3) is 12.2 Å². The van der Waals surface area contributed by atoms with Gasteiger partial charge in [0.25, 0.3) is 10.1 Å². The predicted molar refractivity (Wildman–Crippen MR) is 114 cm³/mol. The number of rotatable bonds is 11. The lowest BCUT2D eigenvalue weighted by molar-refractivity contribution is -0.136. The van der Waals surface area contributed by atoms with Crippen LogP contribution in [-0.4, -0.2) is 46.7 Å². The maximum atomic E-state index is 11.7. The van der Waals surface area contributed by atoms with E-state index in [9.17, 15) is 26.5 Å². The number of ether oxygens (including phenoxy) is 2. The summed E-state index contributed by atoms with van der Waals surface area (Å²) < 4.78 is 69.4. The largest absolute Gasteiger partial charge is 0.740 e. The van der Waals surface area contributed by atoms with Crippen LogP contribution in [0.1, 0.15) is 16.7 Å². The monoisotopic (exact) mass is 483 g/mol. The standard InChI is InChI=1S/C20H20O10S2/c1-28-13-29-17-9-8-15(18(12-17)30-31(23)24)4-2-3-5-16-7-6-14(11-20(21)22)10-19(16)32(25,26)27/h2-10,12H,11,13H2,1H3,(H,21,22)(H,23,24)(H,25,26,27)/p-1/b4-2+,5-3+. The molecule has 1 atom stereocenters.